The standard InChI is InChI=1S/C14H26O2/c1-4-6-7-8-13(15)12-9-10-16-14(3,5-2)11-12/h12H,4-11H2,1-3H3/t12-,14-/m1/s1. The maximum Gasteiger partial charge on any atom is 0.136 e. The minimum atomic E-state index is -0.0522. The number of ketones is 1. The van der Waals surface area contributed by atoms with Gasteiger partial charge >= 0.3 is 0 Å². The number of hydrogen-bond acceptors (Lipinski definition) is 2. The second kappa shape index (κ2) is 6.39. The van der Waals surface area contributed by atoms with E-state index in [-0.39, 0.29) is 11.5 Å². The van der Waals surface area contributed by atoms with Crippen molar-refractivity contribution in [2.24, 2.45) is 5.92 Å². The first kappa shape index (κ1) is 13.7. The summed E-state index contributed by atoms with van der Waals surface area (Å²) in [5.41, 5.74) is -0.0522. The third kappa shape index (κ3) is 3.89. The highest BCUT2D eigenvalue weighted by Crippen LogP contribution is 2.32. The summed E-state index contributed by atoms with van der Waals surface area (Å²) >= 11 is 0. The average Bonchev–Trinajstić information content (AvgIpc) is 2.29. The molecule has 0 N–H and O–H groups in total. The van der Waals surface area contributed by atoms with Crippen LogP contribution in [-0.4, -0.2) is 18.0 Å². The van der Waals surface area contributed by atoms with Gasteiger partial charge in [0.1, 0.15) is 5.78 Å². The highest BCUT2D eigenvalue weighted by molar-refractivity contribution is 5.81. The molecule has 0 bridgehead atoms. The zero-order valence-corrected chi connectivity index (χ0v) is 11.1. The summed E-state index contributed by atoms with van der Waals surface area (Å²) < 4.78 is 5.77. The number of carbonyl (C=O) groups excluding carboxylic acids is 1. The van der Waals surface area contributed by atoms with Gasteiger partial charge < -0.3 is 4.74 Å². The van der Waals surface area contributed by atoms with Gasteiger partial charge in [-0.05, 0) is 32.6 Å². The molecule has 1 aliphatic rings. The fraction of sp³-hybridized carbons (Fsp3) is 0.929. The van der Waals surface area contributed by atoms with E-state index in [2.05, 4.69) is 20.8 Å². The number of hydrogen-bond donors (Lipinski definition) is 0. The molecule has 2 atom stereocenters. The van der Waals surface area contributed by atoms with Gasteiger partial charge in [0.2, 0.25) is 0 Å². The SMILES string of the molecule is CCCCCC(=O)[C@@H]1CCO[C@](C)(CC)C1. The van der Waals surface area contributed by atoms with Crippen molar-refractivity contribution in [1.82, 2.24) is 0 Å². The van der Waals surface area contributed by atoms with Crippen LogP contribution in [0.1, 0.15) is 65.7 Å². The Morgan fingerprint density at radius 2 is 2.12 bits per heavy atom. The lowest BCUT2D eigenvalue weighted by molar-refractivity contribution is -0.135. The molecule has 0 aromatic rings. The summed E-state index contributed by atoms with van der Waals surface area (Å²) in [6.45, 7) is 7.21. The van der Waals surface area contributed by atoms with Gasteiger partial charge in [-0.1, -0.05) is 26.7 Å². The monoisotopic (exact) mass is 226 g/mol. The molecule has 0 radical (unpaired) electrons. The predicted octanol–water partition coefficient (Wildman–Crippen LogP) is 3.73. The van der Waals surface area contributed by atoms with Crippen molar-refractivity contribution in [3.05, 3.63) is 0 Å². The van der Waals surface area contributed by atoms with Crippen LogP contribution in [0.2, 0.25) is 0 Å². The van der Waals surface area contributed by atoms with E-state index in [1.807, 2.05) is 0 Å². The van der Waals surface area contributed by atoms with Gasteiger partial charge in [0.25, 0.3) is 0 Å². The van der Waals surface area contributed by atoms with Crippen molar-refractivity contribution in [2.75, 3.05) is 6.61 Å². The zero-order valence-electron chi connectivity index (χ0n) is 11.1. The maximum absolute atomic E-state index is 12.0. The molecule has 0 saturated carbocycles. The van der Waals surface area contributed by atoms with Gasteiger partial charge in [0.15, 0.2) is 0 Å². The van der Waals surface area contributed by atoms with Crippen LogP contribution < -0.4 is 0 Å². The first-order valence-corrected chi connectivity index (χ1v) is 6.78. The fourth-order valence-electron chi connectivity index (χ4n) is 2.40. The molecule has 0 aromatic heterocycles. The van der Waals surface area contributed by atoms with E-state index in [0.29, 0.717) is 5.78 Å². The summed E-state index contributed by atoms with van der Waals surface area (Å²) in [5.74, 6) is 0.729. The minimum Gasteiger partial charge on any atom is -0.375 e. The molecule has 1 fully saturated rings. The van der Waals surface area contributed by atoms with Crippen LogP contribution in [0, 0.1) is 5.92 Å². The lowest BCUT2D eigenvalue weighted by Gasteiger charge is -2.37. The molecule has 1 saturated heterocycles. The summed E-state index contributed by atoms with van der Waals surface area (Å²) in [6, 6.07) is 0. The van der Waals surface area contributed by atoms with E-state index in [1.54, 1.807) is 0 Å². The Morgan fingerprint density at radius 3 is 2.75 bits per heavy atom. The van der Waals surface area contributed by atoms with E-state index in [9.17, 15) is 4.79 Å². The van der Waals surface area contributed by atoms with E-state index in [0.717, 1.165) is 38.7 Å². The topological polar surface area (TPSA) is 26.3 Å². The molecule has 0 spiro atoms. The molecule has 0 aromatic carbocycles. The van der Waals surface area contributed by atoms with Crippen molar-refractivity contribution in [1.29, 1.82) is 0 Å². The van der Waals surface area contributed by atoms with Gasteiger partial charge in [-0.2, -0.15) is 0 Å². The van der Waals surface area contributed by atoms with Crippen LogP contribution in [0.3, 0.4) is 0 Å². The molecule has 0 unspecified atom stereocenters. The average molecular weight is 226 g/mol. The summed E-state index contributed by atoms with van der Waals surface area (Å²) in [6.07, 6.45) is 7.07. The highest BCUT2D eigenvalue weighted by Gasteiger charge is 2.34. The lowest BCUT2D eigenvalue weighted by Crippen LogP contribution is -2.39. The van der Waals surface area contributed by atoms with Gasteiger partial charge in [-0.3, -0.25) is 4.79 Å². The Morgan fingerprint density at radius 1 is 1.38 bits per heavy atom. The van der Waals surface area contributed by atoms with Crippen molar-refractivity contribution < 1.29 is 9.53 Å². The summed E-state index contributed by atoms with van der Waals surface area (Å²) in [4.78, 5) is 12.0. The first-order valence-electron chi connectivity index (χ1n) is 6.78. The number of unbranched alkanes of at least 4 members (excludes halogenated alkanes) is 2. The minimum absolute atomic E-state index is 0.0522. The molecule has 0 amide bonds. The number of rotatable bonds is 6. The van der Waals surface area contributed by atoms with Gasteiger partial charge in [-0.15, -0.1) is 0 Å². The molecule has 2 nitrogen and oxygen atoms in total. The number of ether oxygens (including phenoxy) is 1. The fourth-order valence-corrected chi connectivity index (χ4v) is 2.40. The first-order chi connectivity index (χ1) is 7.61. The van der Waals surface area contributed by atoms with Crippen molar-refractivity contribution in [3.8, 4) is 0 Å². The van der Waals surface area contributed by atoms with Gasteiger partial charge in [0.05, 0.1) is 5.60 Å². The van der Waals surface area contributed by atoms with Crippen LogP contribution in [0.5, 0.6) is 0 Å². The number of Topliss-reactive ketones (excluding diaryl/α,β-unsaturated/α-hetero) is 1. The maximum atomic E-state index is 12.0. The Kier molecular flexibility index (Phi) is 5.47. The normalized spacial score (nSPS) is 30.3. The van der Waals surface area contributed by atoms with Gasteiger partial charge in [0, 0.05) is 18.9 Å². The Hall–Kier alpha value is -0.370. The predicted molar refractivity (Wildman–Crippen MR) is 66.5 cm³/mol. The largest absolute Gasteiger partial charge is 0.375 e. The second-order valence-corrected chi connectivity index (χ2v) is 5.27. The quantitative estimate of drug-likeness (QED) is 0.645. The molecule has 94 valence electrons. The van der Waals surface area contributed by atoms with Crippen LogP contribution in [-0.2, 0) is 9.53 Å². The third-order valence-electron chi connectivity index (χ3n) is 3.82. The third-order valence-corrected chi connectivity index (χ3v) is 3.82. The summed E-state index contributed by atoms with van der Waals surface area (Å²) in [7, 11) is 0. The molecular formula is C14H26O2. The molecule has 0 aliphatic carbocycles. The molecule has 1 rings (SSSR count). The summed E-state index contributed by atoms with van der Waals surface area (Å²) in [5, 5.41) is 0. The van der Waals surface area contributed by atoms with Crippen LogP contribution in [0.4, 0.5) is 0 Å². The van der Waals surface area contributed by atoms with E-state index in [1.165, 1.54) is 12.8 Å². The molecule has 1 heterocycles. The van der Waals surface area contributed by atoms with Crippen molar-refractivity contribution >= 4 is 5.78 Å². The Bertz CT molecular complexity index is 225. The molecular weight excluding hydrogens is 200 g/mol. The van der Waals surface area contributed by atoms with E-state index in [4.69, 9.17) is 4.74 Å². The Labute approximate surface area is 99.8 Å². The zero-order chi connectivity index (χ0) is 12.0. The van der Waals surface area contributed by atoms with E-state index >= 15 is 0 Å². The number of carbonyl (C=O) groups is 1. The van der Waals surface area contributed by atoms with E-state index < -0.39 is 0 Å². The smallest absolute Gasteiger partial charge is 0.136 e. The lowest BCUT2D eigenvalue weighted by atomic mass is 9.82. The molecule has 1 aliphatic heterocycles. The molecule has 2 heteroatoms. The van der Waals surface area contributed by atoms with Crippen molar-refractivity contribution in [2.45, 2.75) is 71.3 Å². The Balaban J connectivity index is 2.38. The van der Waals surface area contributed by atoms with Crippen molar-refractivity contribution in [3.63, 3.8) is 0 Å². The highest BCUT2D eigenvalue weighted by atomic mass is 16.5. The second-order valence-electron chi connectivity index (χ2n) is 5.27. The van der Waals surface area contributed by atoms with Crippen LogP contribution >= 0.6 is 0 Å². The van der Waals surface area contributed by atoms with Gasteiger partial charge in [-0.25, -0.2) is 0 Å². The van der Waals surface area contributed by atoms with Crippen LogP contribution in [0.15, 0.2) is 0 Å². The van der Waals surface area contributed by atoms with Crippen LogP contribution in [0.25, 0.3) is 0 Å². The molecule has 16 heavy (non-hydrogen) atoms.